The van der Waals surface area contributed by atoms with Gasteiger partial charge in [0.25, 0.3) is 0 Å². The van der Waals surface area contributed by atoms with Crippen LogP contribution in [0.15, 0.2) is 4.99 Å². The molecule has 1 rings (SSSR count). The van der Waals surface area contributed by atoms with E-state index in [1.807, 2.05) is 0 Å². The van der Waals surface area contributed by atoms with Crippen LogP contribution in [-0.4, -0.2) is 18.6 Å². The first kappa shape index (κ1) is 7.25. The van der Waals surface area contributed by atoms with Crippen LogP contribution in [0.5, 0.6) is 0 Å². The van der Waals surface area contributed by atoms with Gasteiger partial charge in [-0.25, -0.2) is 0 Å². The van der Waals surface area contributed by atoms with Crippen LogP contribution in [0.3, 0.4) is 0 Å². The number of nitrogens with one attached hydrogen (secondary N) is 1. The average molecular weight is 139 g/mol. The number of hydrogen-bond donors (Lipinski definition) is 2. The molecule has 0 radical (unpaired) electrons. The van der Waals surface area contributed by atoms with Crippen molar-refractivity contribution in [3.63, 3.8) is 0 Å². The Kier molecular flexibility index (Phi) is 2.04. The summed E-state index contributed by atoms with van der Waals surface area (Å²) >= 11 is 0. The molecule has 0 amide bonds. The van der Waals surface area contributed by atoms with Gasteiger partial charge in [0.15, 0.2) is 0 Å². The van der Waals surface area contributed by atoms with E-state index in [0.29, 0.717) is 5.84 Å². The summed E-state index contributed by atoms with van der Waals surface area (Å²) in [5.41, 5.74) is 6.33. The van der Waals surface area contributed by atoms with E-state index in [4.69, 9.17) is 11.1 Å². The third kappa shape index (κ3) is 1.17. The van der Waals surface area contributed by atoms with Crippen molar-refractivity contribution in [1.29, 1.82) is 5.41 Å². The first-order valence-electron chi connectivity index (χ1n) is 3.55. The smallest absolute Gasteiger partial charge is 0.102 e. The van der Waals surface area contributed by atoms with Crippen molar-refractivity contribution >= 4 is 11.5 Å². The summed E-state index contributed by atoms with van der Waals surface area (Å²) in [6.45, 7) is 0. The van der Waals surface area contributed by atoms with E-state index < -0.39 is 0 Å². The molecule has 1 aliphatic rings. The van der Waals surface area contributed by atoms with Gasteiger partial charge in [-0.3, -0.25) is 4.99 Å². The second-order valence-electron chi connectivity index (χ2n) is 2.62. The fourth-order valence-corrected chi connectivity index (χ4v) is 1.33. The lowest BCUT2D eigenvalue weighted by molar-refractivity contribution is 0.806. The Morgan fingerprint density at radius 2 is 2.50 bits per heavy atom. The minimum absolute atomic E-state index is 0.157. The van der Waals surface area contributed by atoms with Crippen molar-refractivity contribution < 1.29 is 0 Å². The fourth-order valence-electron chi connectivity index (χ4n) is 1.33. The number of amidine groups is 1. The Balaban J connectivity index is 2.64. The van der Waals surface area contributed by atoms with Crippen molar-refractivity contribution in [1.82, 2.24) is 0 Å². The summed E-state index contributed by atoms with van der Waals surface area (Å²) in [7, 11) is 1.68. The van der Waals surface area contributed by atoms with Crippen LogP contribution >= 0.6 is 0 Å². The number of aliphatic imine (C=N–C) groups is 1. The highest BCUT2D eigenvalue weighted by Crippen LogP contribution is 2.21. The number of nitrogens with zero attached hydrogens (tertiary/aromatic N) is 1. The van der Waals surface area contributed by atoms with E-state index in [0.717, 1.165) is 25.0 Å². The quantitative estimate of drug-likeness (QED) is 0.409. The standard InChI is InChI=1S/C7H13N3/c1-10-7(9)5-3-2-4-6(5)8/h5,8H,2-4H2,1H3,(H2,9,10). The first-order valence-corrected chi connectivity index (χ1v) is 3.55. The van der Waals surface area contributed by atoms with Gasteiger partial charge in [0.2, 0.25) is 0 Å². The molecule has 0 heterocycles. The molecule has 1 aliphatic carbocycles. The molecule has 1 fully saturated rings. The van der Waals surface area contributed by atoms with Gasteiger partial charge in [-0.2, -0.15) is 0 Å². The second-order valence-corrected chi connectivity index (χ2v) is 2.62. The first-order chi connectivity index (χ1) is 4.75. The maximum atomic E-state index is 7.48. The minimum atomic E-state index is 0.157. The zero-order chi connectivity index (χ0) is 7.56. The largest absolute Gasteiger partial charge is 0.387 e. The van der Waals surface area contributed by atoms with Gasteiger partial charge < -0.3 is 11.1 Å². The molecule has 0 saturated heterocycles. The number of hydrogen-bond acceptors (Lipinski definition) is 2. The van der Waals surface area contributed by atoms with E-state index >= 15 is 0 Å². The Morgan fingerprint density at radius 1 is 1.80 bits per heavy atom. The van der Waals surface area contributed by atoms with Crippen LogP contribution in [0, 0.1) is 11.3 Å². The third-order valence-electron chi connectivity index (χ3n) is 1.97. The molecule has 0 aromatic carbocycles. The van der Waals surface area contributed by atoms with Crippen LogP contribution in [0.2, 0.25) is 0 Å². The maximum absolute atomic E-state index is 7.48. The molecule has 0 aliphatic heterocycles. The van der Waals surface area contributed by atoms with Crippen molar-refractivity contribution in [2.24, 2.45) is 16.6 Å². The maximum Gasteiger partial charge on any atom is 0.102 e. The summed E-state index contributed by atoms with van der Waals surface area (Å²) in [5.74, 6) is 0.785. The van der Waals surface area contributed by atoms with Crippen LogP contribution in [0.1, 0.15) is 19.3 Å². The van der Waals surface area contributed by atoms with Gasteiger partial charge in [0.05, 0.1) is 5.92 Å². The van der Waals surface area contributed by atoms with Crippen LogP contribution in [0.25, 0.3) is 0 Å². The summed E-state index contributed by atoms with van der Waals surface area (Å²) in [4.78, 5) is 3.87. The molecule has 1 unspecified atom stereocenters. The molecular weight excluding hydrogens is 126 g/mol. The zero-order valence-corrected chi connectivity index (χ0v) is 6.22. The molecule has 3 nitrogen and oxygen atoms in total. The lowest BCUT2D eigenvalue weighted by Gasteiger charge is -2.06. The molecular formula is C7H13N3. The lowest BCUT2D eigenvalue weighted by atomic mass is 10.1. The Bertz CT molecular complexity index is 172. The Morgan fingerprint density at radius 3 is 2.90 bits per heavy atom. The van der Waals surface area contributed by atoms with E-state index in [2.05, 4.69) is 4.99 Å². The molecule has 10 heavy (non-hydrogen) atoms. The van der Waals surface area contributed by atoms with Crippen molar-refractivity contribution in [2.75, 3.05) is 7.05 Å². The van der Waals surface area contributed by atoms with Crippen LogP contribution in [0.4, 0.5) is 0 Å². The summed E-state index contributed by atoms with van der Waals surface area (Å²) in [6.07, 6.45) is 3.02. The van der Waals surface area contributed by atoms with Gasteiger partial charge in [-0.15, -0.1) is 0 Å². The predicted molar refractivity (Wildman–Crippen MR) is 42.6 cm³/mol. The number of nitrogens with two attached hydrogens (primary N) is 1. The highest BCUT2D eigenvalue weighted by Gasteiger charge is 2.23. The topological polar surface area (TPSA) is 62.2 Å². The highest BCUT2D eigenvalue weighted by atomic mass is 14.8. The summed E-state index contributed by atoms with van der Waals surface area (Å²) < 4.78 is 0. The van der Waals surface area contributed by atoms with Crippen molar-refractivity contribution in [2.45, 2.75) is 19.3 Å². The molecule has 1 saturated carbocycles. The molecule has 0 spiro atoms. The monoisotopic (exact) mass is 139 g/mol. The SMILES string of the molecule is CN=C(N)C1CCCC1=N. The van der Waals surface area contributed by atoms with E-state index in [9.17, 15) is 0 Å². The molecule has 0 aromatic rings. The summed E-state index contributed by atoms with van der Waals surface area (Å²) in [5, 5.41) is 7.48. The van der Waals surface area contributed by atoms with Gasteiger partial charge in [0, 0.05) is 12.8 Å². The second kappa shape index (κ2) is 2.82. The van der Waals surface area contributed by atoms with Gasteiger partial charge in [-0.05, 0) is 19.3 Å². The average Bonchev–Trinajstić information content (AvgIpc) is 2.34. The van der Waals surface area contributed by atoms with E-state index in [-0.39, 0.29) is 5.92 Å². The van der Waals surface area contributed by atoms with Crippen molar-refractivity contribution in [3.05, 3.63) is 0 Å². The molecule has 3 N–H and O–H groups in total. The van der Waals surface area contributed by atoms with Crippen LogP contribution < -0.4 is 5.73 Å². The molecule has 0 aromatic heterocycles. The normalized spacial score (nSPS) is 27.5. The fraction of sp³-hybridized carbons (Fsp3) is 0.714. The molecule has 56 valence electrons. The Labute approximate surface area is 60.8 Å². The number of rotatable bonds is 1. The van der Waals surface area contributed by atoms with Gasteiger partial charge in [-0.1, -0.05) is 0 Å². The zero-order valence-electron chi connectivity index (χ0n) is 6.22. The highest BCUT2D eigenvalue weighted by molar-refractivity contribution is 6.05. The Hall–Kier alpha value is -0.860. The molecule has 1 atom stereocenters. The molecule has 0 bridgehead atoms. The van der Waals surface area contributed by atoms with Crippen molar-refractivity contribution in [3.8, 4) is 0 Å². The minimum Gasteiger partial charge on any atom is -0.387 e. The van der Waals surface area contributed by atoms with Crippen LogP contribution in [-0.2, 0) is 0 Å². The van der Waals surface area contributed by atoms with E-state index in [1.165, 1.54) is 0 Å². The lowest BCUT2D eigenvalue weighted by Crippen LogP contribution is -2.26. The summed E-state index contributed by atoms with van der Waals surface area (Å²) in [6, 6.07) is 0. The van der Waals surface area contributed by atoms with E-state index in [1.54, 1.807) is 7.05 Å². The molecule has 3 heteroatoms. The van der Waals surface area contributed by atoms with Gasteiger partial charge in [0.1, 0.15) is 5.84 Å². The predicted octanol–water partition coefficient (Wildman–Crippen LogP) is 0.793. The van der Waals surface area contributed by atoms with Gasteiger partial charge >= 0.3 is 0 Å². The third-order valence-corrected chi connectivity index (χ3v) is 1.97.